The van der Waals surface area contributed by atoms with Crippen LogP contribution in [0.5, 0.6) is 0 Å². The molecule has 1 unspecified atom stereocenters. The van der Waals surface area contributed by atoms with Gasteiger partial charge in [-0.25, -0.2) is 4.79 Å². The molecule has 1 aliphatic rings. The van der Waals surface area contributed by atoms with Crippen molar-refractivity contribution in [2.45, 2.75) is 38.6 Å². The van der Waals surface area contributed by atoms with E-state index in [1.54, 1.807) is 6.08 Å². The third-order valence-corrected chi connectivity index (χ3v) is 5.28. The summed E-state index contributed by atoms with van der Waals surface area (Å²) in [6, 6.07) is 6.45. The molecule has 1 aliphatic heterocycles. The quantitative estimate of drug-likeness (QED) is 0.542. The molecule has 0 saturated carbocycles. The lowest BCUT2D eigenvalue weighted by Crippen LogP contribution is -2.44. The van der Waals surface area contributed by atoms with E-state index in [9.17, 15) is 19.5 Å². The van der Waals surface area contributed by atoms with Crippen molar-refractivity contribution in [3.63, 3.8) is 0 Å². The maximum absolute atomic E-state index is 12.6. The number of thioether (sulfide) groups is 1. The van der Waals surface area contributed by atoms with Gasteiger partial charge in [-0.2, -0.15) is 0 Å². The van der Waals surface area contributed by atoms with Crippen LogP contribution >= 0.6 is 24.0 Å². The minimum atomic E-state index is -1.28. The number of carboxylic acids is 2. The Hall–Kier alpha value is -2.19. The predicted octanol–water partition coefficient (Wildman–Crippen LogP) is 3.33. The number of aliphatic carboxylic acids is 2. The summed E-state index contributed by atoms with van der Waals surface area (Å²) < 4.78 is 0.123. The van der Waals surface area contributed by atoms with E-state index in [1.807, 2.05) is 24.3 Å². The van der Waals surface area contributed by atoms with E-state index in [0.717, 1.165) is 22.2 Å². The summed E-state index contributed by atoms with van der Waals surface area (Å²) in [4.78, 5) is 36.2. The number of benzene rings is 1. The molecule has 0 spiro atoms. The molecule has 1 fully saturated rings. The second kappa shape index (κ2) is 8.46. The Balaban J connectivity index is 2.23. The van der Waals surface area contributed by atoms with Crippen LogP contribution < -0.4 is 0 Å². The van der Waals surface area contributed by atoms with E-state index in [4.69, 9.17) is 17.3 Å². The maximum Gasteiger partial charge on any atom is 0.326 e. The van der Waals surface area contributed by atoms with E-state index in [0.29, 0.717) is 10.8 Å². The van der Waals surface area contributed by atoms with Gasteiger partial charge in [0.1, 0.15) is 10.4 Å². The molecule has 1 amide bonds. The summed E-state index contributed by atoms with van der Waals surface area (Å²) in [6.45, 7) is 4.17. The third kappa shape index (κ3) is 4.70. The average Bonchev–Trinajstić information content (AvgIpc) is 2.82. The molecule has 1 aromatic rings. The van der Waals surface area contributed by atoms with E-state index in [2.05, 4.69) is 13.8 Å². The van der Waals surface area contributed by atoms with Crippen molar-refractivity contribution in [1.82, 2.24) is 4.90 Å². The van der Waals surface area contributed by atoms with Gasteiger partial charge in [0.25, 0.3) is 5.91 Å². The molecule has 2 rings (SSSR count). The highest BCUT2D eigenvalue weighted by atomic mass is 32.2. The fourth-order valence-corrected chi connectivity index (χ4v) is 3.86. The molecule has 1 heterocycles. The molecule has 1 atom stereocenters. The lowest BCUT2D eigenvalue weighted by atomic mass is 10.0. The highest BCUT2D eigenvalue weighted by Crippen LogP contribution is 2.35. The molecule has 2 N–H and O–H groups in total. The summed E-state index contributed by atoms with van der Waals surface area (Å²) in [6.07, 6.45) is 1.11. The fourth-order valence-electron chi connectivity index (χ4n) is 2.50. The van der Waals surface area contributed by atoms with Crippen molar-refractivity contribution in [1.29, 1.82) is 0 Å². The Morgan fingerprint density at radius 1 is 1.23 bits per heavy atom. The standard InChI is InChI=1S/C18H19NO5S2/c1-10(2)12-5-3-11(4-6-12)9-14-16(22)19(18(25)26-14)13(17(23)24)7-8-15(20)21/h3-6,9-10,13H,7-8H2,1-2H3,(H,20,21)(H,23,24). The van der Waals surface area contributed by atoms with E-state index >= 15 is 0 Å². The van der Waals surface area contributed by atoms with Gasteiger partial charge < -0.3 is 10.2 Å². The van der Waals surface area contributed by atoms with Crippen LogP contribution in [-0.4, -0.2) is 43.3 Å². The molecule has 0 bridgehead atoms. The third-order valence-electron chi connectivity index (χ3n) is 3.95. The Morgan fingerprint density at radius 2 is 1.85 bits per heavy atom. The molecular weight excluding hydrogens is 374 g/mol. The summed E-state index contributed by atoms with van der Waals surface area (Å²) in [5.74, 6) is -2.51. The van der Waals surface area contributed by atoms with Gasteiger partial charge >= 0.3 is 11.9 Å². The Kier molecular flexibility index (Phi) is 6.55. The summed E-state index contributed by atoms with van der Waals surface area (Å²) >= 11 is 6.18. The fraction of sp³-hybridized carbons (Fsp3) is 0.333. The molecule has 1 saturated heterocycles. The zero-order valence-electron chi connectivity index (χ0n) is 14.3. The Morgan fingerprint density at radius 3 is 2.35 bits per heavy atom. The van der Waals surface area contributed by atoms with Crippen molar-refractivity contribution in [2.75, 3.05) is 0 Å². The first-order chi connectivity index (χ1) is 12.2. The zero-order chi connectivity index (χ0) is 19.4. The molecule has 0 aromatic heterocycles. The van der Waals surface area contributed by atoms with Gasteiger partial charge in [-0.1, -0.05) is 62.1 Å². The average molecular weight is 393 g/mol. The Bertz CT molecular complexity index is 770. The van der Waals surface area contributed by atoms with Gasteiger partial charge in [-0.15, -0.1) is 0 Å². The highest BCUT2D eigenvalue weighted by molar-refractivity contribution is 8.26. The highest BCUT2D eigenvalue weighted by Gasteiger charge is 2.40. The van der Waals surface area contributed by atoms with Crippen molar-refractivity contribution in [3.8, 4) is 0 Å². The zero-order valence-corrected chi connectivity index (χ0v) is 16.0. The molecular formula is C18H19NO5S2. The van der Waals surface area contributed by atoms with Gasteiger partial charge in [0.15, 0.2) is 0 Å². The van der Waals surface area contributed by atoms with Gasteiger partial charge in [-0.05, 0) is 29.5 Å². The van der Waals surface area contributed by atoms with E-state index in [-0.39, 0.29) is 17.2 Å². The summed E-state index contributed by atoms with van der Waals surface area (Å²) in [5, 5.41) is 18.1. The van der Waals surface area contributed by atoms with E-state index in [1.165, 1.54) is 5.56 Å². The normalized spacial score (nSPS) is 17.2. The smallest absolute Gasteiger partial charge is 0.326 e. The van der Waals surface area contributed by atoms with Crippen LogP contribution in [-0.2, 0) is 14.4 Å². The first kappa shape index (κ1) is 20.1. The van der Waals surface area contributed by atoms with Crippen LogP contribution in [0, 0.1) is 0 Å². The number of amides is 1. The van der Waals surface area contributed by atoms with E-state index < -0.39 is 23.9 Å². The van der Waals surface area contributed by atoms with Crippen LogP contribution in [0.2, 0.25) is 0 Å². The number of hydrogen-bond donors (Lipinski definition) is 2. The van der Waals surface area contributed by atoms with Crippen LogP contribution in [0.3, 0.4) is 0 Å². The monoisotopic (exact) mass is 393 g/mol. The number of rotatable bonds is 7. The summed E-state index contributed by atoms with van der Waals surface area (Å²) in [5.41, 5.74) is 1.99. The van der Waals surface area contributed by atoms with Gasteiger partial charge in [-0.3, -0.25) is 14.5 Å². The van der Waals surface area contributed by atoms with Gasteiger partial charge in [0.2, 0.25) is 0 Å². The lowest BCUT2D eigenvalue weighted by molar-refractivity contribution is -0.146. The van der Waals surface area contributed by atoms with Crippen LogP contribution in [0.15, 0.2) is 29.2 Å². The largest absolute Gasteiger partial charge is 0.481 e. The second-order valence-electron chi connectivity index (χ2n) is 6.16. The molecule has 1 aromatic carbocycles. The SMILES string of the molecule is CC(C)c1ccc(C=C2SC(=S)N(C(CCC(=O)O)C(=O)O)C2=O)cc1. The van der Waals surface area contributed by atoms with Crippen molar-refractivity contribution in [2.24, 2.45) is 0 Å². The molecule has 26 heavy (non-hydrogen) atoms. The van der Waals surface area contributed by atoms with Crippen molar-refractivity contribution >= 4 is 52.2 Å². The van der Waals surface area contributed by atoms with Crippen LogP contribution in [0.4, 0.5) is 0 Å². The molecule has 0 radical (unpaired) electrons. The number of hydrogen-bond acceptors (Lipinski definition) is 5. The van der Waals surface area contributed by atoms with Gasteiger partial charge in [0, 0.05) is 6.42 Å². The molecule has 138 valence electrons. The lowest BCUT2D eigenvalue weighted by Gasteiger charge is -2.22. The topological polar surface area (TPSA) is 94.9 Å². The summed E-state index contributed by atoms with van der Waals surface area (Å²) in [7, 11) is 0. The number of nitrogens with zero attached hydrogens (tertiary/aromatic N) is 1. The van der Waals surface area contributed by atoms with Crippen molar-refractivity contribution in [3.05, 3.63) is 40.3 Å². The Labute approximate surface area is 160 Å². The first-order valence-electron chi connectivity index (χ1n) is 8.02. The maximum atomic E-state index is 12.6. The minimum absolute atomic E-state index is 0.123. The molecule has 6 nitrogen and oxygen atoms in total. The number of carboxylic acid groups (broad SMARTS) is 2. The first-order valence-corrected chi connectivity index (χ1v) is 9.24. The molecule has 8 heteroatoms. The number of carbonyl (C=O) groups excluding carboxylic acids is 1. The predicted molar refractivity (Wildman–Crippen MR) is 104 cm³/mol. The number of carbonyl (C=O) groups is 3. The van der Waals surface area contributed by atoms with Crippen LogP contribution in [0.1, 0.15) is 43.7 Å². The minimum Gasteiger partial charge on any atom is -0.481 e. The molecule has 0 aliphatic carbocycles. The van der Waals surface area contributed by atoms with Crippen LogP contribution in [0.25, 0.3) is 6.08 Å². The van der Waals surface area contributed by atoms with Crippen molar-refractivity contribution < 1.29 is 24.6 Å². The van der Waals surface area contributed by atoms with Gasteiger partial charge in [0.05, 0.1) is 4.91 Å². The number of thiocarbonyl (C=S) groups is 1. The second-order valence-corrected chi connectivity index (χ2v) is 7.84.